The highest BCUT2D eigenvalue weighted by molar-refractivity contribution is 7.15. The molecule has 0 radical (unpaired) electrons. The summed E-state index contributed by atoms with van der Waals surface area (Å²) in [6.45, 7) is 3.70. The van der Waals surface area contributed by atoms with E-state index in [0.29, 0.717) is 5.13 Å². The number of aromatic nitrogens is 2. The van der Waals surface area contributed by atoms with Gasteiger partial charge in [0.25, 0.3) is 0 Å². The van der Waals surface area contributed by atoms with Gasteiger partial charge in [-0.25, -0.2) is 0 Å². The predicted molar refractivity (Wildman–Crippen MR) is 88.1 cm³/mol. The van der Waals surface area contributed by atoms with Crippen LogP contribution in [-0.2, 0) is 11.2 Å². The molecule has 2 atom stereocenters. The molecule has 116 valence electrons. The third-order valence-electron chi connectivity index (χ3n) is 4.07. The van der Waals surface area contributed by atoms with Gasteiger partial charge >= 0.3 is 0 Å². The highest BCUT2D eigenvalue weighted by Gasteiger charge is 2.37. The largest absolute Gasteiger partial charge is 0.305 e. The van der Waals surface area contributed by atoms with Crippen molar-refractivity contribution in [1.82, 2.24) is 15.1 Å². The maximum atomic E-state index is 12.6. The monoisotopic (exact) mass is 316 g/mol. The van der Waals surface area contributed by atoms with Crippen LogP contribution < -0.4 is 5.32 Å². The number of anilines is 1. The number of likely N-dealkylation sites (N-methyl/N-ethyl adjacent to an activating group) is 1. The fourth-order valence-electron chi connectivity index (χ4n) is 2.95. The van der Waals surface area contributed by atoms with E-state index < -0.39 is 0 Å². The fraction of sp³-hybridized carbons (Fsp3) is 0.438. The number of amides is 1. The summed E-state index contributed by atoms with van der Waals surface area (Å²) >= 11 is 1.45. The molecule has 6 heteroatoms. The fourth-order valence-corrected chi connectivity index (χ4v) is 3.63. The lowest BCUT2D eigenvalue weighted by molar-refractivity contribution is -0.119. The van der Waals surface area contributed by atoms with Crippen molar-refractivity contribution in [2.45, 2.75) is 19.3 Å². The van der Waals surface area contributed by atoms with E-state index in [1.807, 2.05) is 25.1 Å². The molecule has 0 bridgehead atoms. The van der Waals surface area contributed by atoms with Crippen LogP contribution in [0.2, 0.25) is 0 Å². The normalized spacial score (nSPS) is 21.9. The van der Waals surface area contributed by atoms with Crippen LogP contribution in [0.15, 0.2) is 30.3 Å². The average Bonchev–Trinajstić information content (AvgIpc) is 3.14. The number of hydrogen-bond donors (Lipinski definition) is 1. The van der Waals surface area contributed by atoms with Crippen molar-refractivity contribution in [2.24, 2.45) is 5.92 Å². The summed E-state index contributed by atoms with van der Waals surface area (Å²) in [6.07, 6.45) is 0.840. The molecule has 5 nitrogen and oxygen atoms in total. The Bertz CT molecular complexity index is 643. The summed E-state index contributed by atoms with van der Waals surface area (Å²) in [5, 5.41) is 12.6. The zero-order valence-corrected chi connectivity index (χ0v) is 13.6. The number of nitrogens with zero attached hydrogens (tertiary/aromatic N) is 3. The Morgan fingerprint density at radius 2 is 2.09 bits per heavy atom. The highest BCUT2D eigenvalue weighted by Crippen LogP contribution is 2.33. The van der Waals surface area contributed by atoms with E-state index in [4.69, 9.17) is 0 Å². The second-order valence-corrected chi connectivity index (χ2v) is 6.75. The molecular formula is C16H20N4OS. The molecule has 1 aliphatic rings. The molecule has 1 amide bonds. The van der Waals surface area contributed by atoms with Gasteiger partial charge in [-0.2, -0.15) is 0 Å². The van der Waals surface area contributed by atoms with Crippen LogP contribution in [0.1, 0.15) is 23.4 Å². The zero-order valence-electron chi connectivity index (χ0n) is 12.8. The van der Waals surface area contributed by atoms with Gasteiger partial charge in [-0.05, 0) is 19.0 Å². The van der Waals surface area contributed by atoms with Crippen LogP contribution in [0, 0.1) is 5.92 Å². The third kappa shape index (κ3) is 3.18. The van der Waals surface area contributed by atoms with E-state index in [1.54, 1.807) is 0 Å². The quantitative estimate of drug-likeness (QED) is 0.941. The van der Waals surface area contributed by atoms with E-state index >= 15 is 0 Å². The molecular weight excluding hydrogens is 296 g/mol. The topological polar surface area (TPSA) is 58.1 Å². The van der Waals surface area contributed by atoms with Crippen molar-refractivity contribution < 1.29 is 4.79 Å². The lowest BCUT2D eigenvalue weighted by atomic mass is 9.88. The Labute approximate surface area is 134 Å². The minimum Gasteiger partial charge on any atom is -0.305 e. The molecule has 1 aliphatic heterocycles. The van der Waals surface area contributed by atoms with Crippen molar-refractivity contribution in [3.05, 3.63) is 40.9 Å². The number of carbonyl (C=O) groups excluding carboxylic acids is 1. The molecule has 0 spiro atoms. The van der Waals surface area contributed by atoms with Gasteiger partial charge in [-0.3, -0.25) is 4.79 Å². The summed E-state index contributed by atoms with van der Waals surface area (Å²) in [6, 6.07) is 10.3. The van der Waals surface area contributed by atoms with Crippen LogP contribution >= 0.6 is 11.3 Å². The van der Waals surface area contributed by atoms with Gasteiger partial charge in [-0.15, -0.1) is 10.2 Å². The lowest BCUT2D eigenvalue weighted by Gasteiger charge is -2.17. The van der Waals surface area contributed by atoms with E-state index in [-0.39, 0.29) is 17.7 Å². The molecule has 1 saturated heterocycles. The summed E-state index contributed by atoms with van der Waals surface area (Å²) in [4.78, 5) is 14.9. The van der Waals surface area contributed by atoms with Gasteiger partial charge in [0, 0.05) is 19.0 Å². The van der Waals surface area contributed by atoms with Gasteiger partial charge in [0.1, 0.15) is 5.01 Å². The Hall–Kier alpha value is -1.79. The Kier molecular flexibility index (Phi) is 4.49. The van der Waals surface area contributed by atoms with Crippen molar-refractivity contribution in [3.63, 3.8) is 0 Å². The second-order valence-electron chi connectivity index (χ2n) is 5.69. The molecule has 0 saturated carbocycles. The molecule has 0 aliphatic carbocycles. The first kappa shape index (κ1) is 15.1. The van der Waals surface area contributed by atoms with Gasteiger partial charge < -0.3 is 10.2 Å². The Morgan fingerprint density at radius 1 is 1.32 bits per heavy atom. The smallest absolute Gasteiger partial charge is 0.231 e. The first-order valence-corrected chi connectivity index (χ1v) is 8.35. The first-order valence-electron chi connectivity index (χ1n) is 7.54. The van der Waals surface area contributed by atoms with Crippen LogP contribution in [-0.4, -0.2) is 41.1 Å². The molecule has 2 aromatic rings. The van der Waals surface area contributed by atoms with E-state index in [2.05, 4.69) is 39.6 Å². The first-order chi connectivity index (χ1) is 10.7. The number of aryl methyl sites for hydroxylation is 1. The third-order valence-corrected chi connectivity index (χ3v) is 5.05. The summed E-state index contributed by atoms with van der Waals surface area (Å²) in [5.74, 6) is 0.211. The SMILES string of the molecule is CCc1nnc(NC(=O)[C@@H]2CN(C)C[C@@H]2c2ccccc2)s1. The average molecular weight is 316 g/mol. The molecule has 22 heavy (non-hydrogen) atoms. The number of benzene rings is 1. The maximum Gasteiger partial charge on any atom is 0.231 e. The maximum absolute atomic E-state index is 12.6. The van der Waals surface area contributed by atoms with Crippen molar-refractivity contribution in [3.8, 4) is 0 Å². The number of carbonyl (C=O) groups is 1. The zero-order chi connectivity index (χ0) is 15.5. The molecule has 2 heterocycles. The molecule has 1 fully saturated rings. The van der Waals surface area contributed by atoms with Gasteiger partial charge in [0.05, 0.1) is 5.92 Å². The van der Waals surface area contributed by atoms with Crippen molar-refractivity contribution in [1.29, 1.82) is 0 Å². The molecule has 1 aromatic carbocycles. The number of hydrogen-bond acceptors (Lipinski definition) is 5. The van der Waals surface area contributed by atoms with Gasteiger partial charge in [0.15, 0.2) is 0 Å². The van der Waals surface area contributed by atoms with Crippen molar-refractivity contribution >= 4 is 22.4 Å². The summed E-state index contributed by atoms with van der Waals surface area (Å²) in [5.41, 5.74) is 1.22. The minimum atomic E-state index is -0.0543. The van der Waals surface area contributed by atoms with E-state index in [9.17, 15) is 4.79 Å². The minimum absolute atomic E-state index is 0.0389. The van der Waals surface area contributed by atoms with Crippen LogP contribution in [0.25, 0.3) is 0 Å². The number of nitrogens with one attached hydrogen (secondary N) is 1. The van der Waals surface area contributed by atoms with Crippen LogP contribution in [0.4, 0.5) is 5.13 Å². The number of rotatable bonds is 4. The standard InChI is InChI=1S/C16H20N4OS/c1-3-14-18-19-16(22-14)17-15(21)13-10-20(2)9-12(13)11-7-5-4-6-8-11/h4-8,12-13H,3,9-10H2,1-2H3,(H,17,19,21)/t12-,13-/m1/s1. The van der Waals surface area contributed by atoms with E-state index in [0.717, 1.165) is 24.5 Å². The predicted octanol–water partition coefficient (Wildman–Crippen LogP) is 2.38. The molecule has 1 N–H and O–H groups in total. The van der Waals surface area contributed by atoms with Crippen molar-refractivity contribution in [2.75, 3.05) is 25.5 Å². The Morgan fingerprint density at radius 3 is 2.77 bits per heavy atom. The number of likely N-dealkylation sites (tertiary alicyclic amines) is 1. The summed E-state index contributed by atoms with van der Waals surface area (Å²) in [7, 11) is 2.06. The van der Waals surface area contributed by atoms with Gasteiger partial charge in [-0.1, -0.05) is 48.6 Å². The lowest BCUT2D eigenvalue weighted by Crippen LogP contribution is -2.28. The van der Waals surface area contributed by atoms with Gasteiger partial charge in [0.2, 0.25) is 11.0 Å². The highest BCUT2D eigenvalue weighted by atomic mass is 32.1. The molecule has 0 unspecified atom stereocenters. The second kappa shape index (κ2) is 6.54. The molecule has 3 rings (SSSR count). The van der Waals surface area contributed by atoms with E-state index in [1.165, 1.54) is 16.9 Å². The van der Waals surface area contributed by atoms with Crippen LogP contribution in [0.5, 0.6) is 0 Å². The Balaban J connectivity index is 1.75. The molecule has 1 aromatic heterocycles. The van der Waals surface area contributed by atoms with Crippen LogP contribution in [0.3, 0.4) is 0 Å². The summed E-state index contributed by atoms with van der Waals surface area (Å²) < 4.78 is 0.